The summed E-state index contributed by atoms with van der Waals surface area (Å²) in [6, 6.07) is 13.7. The lowest BCUT2D eigenvalue weighted by atomic mass is 9.86. The Morgan fingerprint density at radius 3 is 2.60 bits per heavy atom. The number of nitrogens with one attached hydrogen (secondary N) is 3. The van der Waals surface area contributed by atoms with E-state index in [1.807, 2.05) is 94.6 Å². The number of nitrogens with zero attached hydrogens (tertiary/aromatic N) is 3. The van der Waals surface area contributed by atoms with E-state index in [0.717, 1.165) is 24.4 Å². The molecule has 4 heterocycles. The van der Waals surface area contributed by atoms with Gasteiger partial charge in [0.25, 0.3) is 0 Å². The number of allylic oxidation sites excluding steroid dienone is 1. The number of amides is 3. The number of pyridine rings is 1. The second kappa shape index (κ2) is 18.5. The van der Waals surface area contributed by atoms with Crippen molar-refractivity contribution in [2.45, 2.75) is 121 Å². The van der Waals surface area contributed by atoms with Gasteiger partial charge in [-0.05, 0) is 62.6 Å². The van der Waals surface area contributed by atoms with Gasteiger partial charge in [0.2, 0.25) is 25.1 Å². The second-order valence-electron chi connectivity index (χ2n) is 18.2. The molecule has 14 nitrogen and oxygen atoms in total. The summed E-state index contributed by atoms with van der Waals surface area (Å²) in [6.07, 6.45) is 6.90. The van der Waals surface area contributed by atoms with Crippen molar-refractivity contribution in [1.82, 2.24) is 25.5 Å². The molecule has 4 aromatic rings. The van der Waals surface area contributed by atoms with Crippen LogP contribution in [0.2, 0.25) is 0 Å². The van der Waals surface area contributed by atoms with E-state index in [9.17, 15) is 23.8 Å². The third-order valence-electron chi connectivity index (χ3n) is 12.0. The summed E-state index contributed by atoms with van der Waals surface area (Å²) >= 11 is 1.47. The fourth-order valence-corrected chi connectivity index (χ4v) is 11.6. The average molecular weight is 886 g/mol. The highest BCUT2D eigenvalue weighted by molar-refractivity contribution is 7.59. The molecule has 2 aliphatic heterocycles. The molecule has 2 aromatic heterocycles. The van der Waals surface area contributed by atoms with Crippen molar-refractivity contribution in [3.05, 3.63) is 77.7 Å². The van der Waals surface area contributed by atoms with Crippen LogP contribution in [0.15, 0.2) is 72.1 Å². The Labute approximate surface area is 367 Å². The topological polar surface area (TPSA) is 198 Å². The number of fused-ring (bicyclic) bond motifs is 3. The van der Waals surface area contributed by atoms with Crippen molar-refractivity contribution in [2.75, 3.05) is 19.0 Å². The zero-order valence-electron chi connectivity index (χ0n) is 36.4. The van der Waals surface area contributed by atoms with Crippen LogP contribution in [0.25, 0.3) is 22.3 Å². The van der Waals surface area contributed by atoms with Gasteiger partial charge in [0.05, 0.1) is 37.1 Å². The van der Waals surface area contributed by atoms with Crippen LogP contribution in [0.3, 0.4) is 0 Å². The quantitative estimate of drug-likeness (QED) is 0.0753. The molecule has 7 rings (SSSR count). The van der Waals surface area contributed by atoms with Gasteiger partial charge in [-0.25, -0.2) is 9.97 Å². The van der Waals surface area contributed by atoms with E-state index in [1.165, 1.54) is 16.2 Å². The number of rotatable bonds is 11. The van der Waals surface area contributed by atoms with Gasteiger partial charge >= 0.3 is 0 Å². The maximum absolute atomic E-state index is 14.9. The Kier molecular flexibility index (Phi) is 13.5. The van der Waals surface area contributed by atoms with Crippen LogP contribution >= 0.6 is 18.7 Å². The van der Waals surface area contributed by atoms with Crippen LogP contribution in [0, 0.1) is 11.3 Å². The van der Waals surface area contributed by atoms with Gasteiger partial charge in [-0.15, -0.1) is 11.3 Å². The van der Waals surface area contributed by atoms with Crippen molar-refractivity contribution in [3.63, 3.8) is 0 Å². The van der Waals surface area contributed by atoms with Gasteiger partial charge in [-0.2, -0.15) is 0 Å². The molecule has 3 amide bonds. The minimum Gasteiger partial charge on any atom is -0.497 e. The number of thiazole rings is 1. The largest absolute Gasteiger partial charge is 0.497 e. The smallest absolute Gasteiger partial charge is 0.245 e. The molecule has 1 aliphatic carbocycles. The SMILES string of the molecule is COc1ccc2c(O[C@@H]3C[C@H]4C(=O)N[C@]5(P(=O)(O)Cc6ccccc6)C[C@H]5C=CCCCCC[C@H](NC(=O)[C@@H](N)C(C)(C)C)C(=O)N4C3)cc(-c3csc(NC(C)C)n3)nc2c1. The first kappa shape index (κ1) is 45.2. The first-order chi connectivity index (χ1) is 29.5. The standard InChI is InChI=1S/C46H60N7O7PS/c1-28(2)48-44-51-37(27-62-44)36-23-39(33-20-19-31(59-6)21-35(33)49-36)60-32-22-38-41(54)52-46(61(57,58)26-29-15-11-10-12-16-29)24-30(46)17-13-8-7-9-14-18-34(43(56)53(38)25-32)50-42(55)40(47)45(3,4)5/h10-13,15-17,19-21,23,27-28,30,32,34,38,40H,7-9,14,18,22,24-26,47H2,1-6H3,(H,48,51)(H,50,55)(H,52,54)(H,57,58)/t30-,32-,34+,38+,40-,46+/m1/s1. The van der Waals surface area contributed by atoms with Crippen molar-refractivity contribution in [3.8, 4) is 22.9 Å². The Hall–Kier alpha value is -4.82. The molecule has 0 spiro atoms. The Morgan fingerprint density at radius 1 is 1.10 bits per heavy atom. The monoisotopic (exact) mass is 885 g/mol. The number of ether oxygens (including phenoxy) is 2. The van der Waals surface area contributed by atoms with Gasteiger partial charge in [-0.1, -0.05) is 76.1 Å². The molecule has 6 N–H and O–H groups in total. The Bertz CT molecular complexity index is 2350. The second-order valence-corrected chi connectivity index (χ2v) is 21.6. The Morgan fingerprint density at radius 2 is 1.87 bits per heavy atom. The molecule has 3 aliphatic rings. The van der Waals surface area contributed by atoms with Crippen LogP contribution < -0.4 is 31.2 Å². The number of benzene rings is 2. The molecule has 16 heteroatoms. The lowest BCUT2D eigenvalue weighted by molar-refractivity contribution is -0.142. The minimum atomic E-state index is -4.07. The van der Waals surface area contributed by atoms with Crippen molar-refractivity contribution >= 4 is 52.5 Å². The maximum atomic E-state index is 14.9. The first-order valence-corrected chi connectivity index (χ1v) is 24.3. The zero-order valence-corrected chi connectivity index (χ0v) is 38.1. The predicted octanol–water partition coefficient (Wildman–Crippen LogP) is 7.22. The van der Waals surface area contributed by atoms with E-state index >= 15 is 0 Å². The molecule has 2 aromatic carbocycles. The molecular weight excluding hydrogens is 826 g/mol. The van der Waals surface area contributed by atoms with Crippen LogP contribution in [0.1, 0.15) is 85.1 Å². The molecular formula is C46H60N7O7PS. The molecule has 1 saturated carbocycles. The molecule has 62 heavy (non-hydrogen) atoms. The van der Waals surface area contributed by atoms with Crippen molar-refractivity contribution in [2.24, 2.45) is 17.1 Å². The van der Waals surface area contributed by atoms with Crippen molar-refractivity contribution in [1.29, 1.82) is 0 Å². The van der Waals surface area contributed by atoms with Crippen LogP contribution in [-0.2, 0) is 25.1 Å². The van der Waals surface area contributed by atoms with Crippen LogP contribution in [0.5, 0.6) is 11.5 Å². The summed E-state index contributed by atoms with van der Waals surface area (Å²) in [6.45, 7) is 9.69. The first-order valence-electron chi connectivity index (χ1n) is 21.6. The van der Waals surface area contributed by atoms with Crippen LogP contribution in [0.4, 0.5) is 5.13 Å². The summed E-state index contributed by atoms with van der Waals surface area (Å²) in [5, 5.41) is 11.3. The number of nitrogens with two attached hydrogens (primary N) is 1. The molecule has 332 valence electrons. The lowest BCUT2D eigenvalue weighted by Gasteiger charge is -2.32. The summed E-state index contributed by atoms with van der Waals surface area (Å²) in [7, 11) is -2.48. The number of carbonyl (C=O) groups excluding carboxylic acids is 3. The fourth-order valence-electron chi connectivity index (χ4n) is 8.36. The molecule has 0 radical (unpaired) electrons. The molecule has 1 saturated heterocycles. The number of aromatic nitrogens is 2. The summed E-state index contributed by atoms with van der Waals surface area (Å²) < 4.78 is 26.9. The number of hydrogen-bond acceptors (Lipinski definition) is 11. The van der Waals surface area contributed by atoms with E-state index in [-0.39, 0.29) is 31.1 Å². The van der Waals surface area contributed by atoms with Gasteiger partial charge < -0.3 is 41.0 Å². The van der Waals surface area contributed by atoms with E-state index in [0.29, 0.717) is 58.6 Å². The maximum Gasteiger partial charge on any atom is 0.245 e. The van der Waals surface area contributed by atoms with E-state index in [1.54, 1.807) is 19.2 Å². The molecule has 0 bridgehead atoms. The number of anilines is 1. The lowest BCUT2D eigenvalue weighted by Crippen LogP contribution is -2.58. The number of hydrogen-bond donors (Lipinski definition) is 5. The Balaban J connectivity index is 1.25. The predicted molar refractivity (Wildman–Crippen MR) is 243 cm³/mol. The van der Waals surface area contributed by atoms with E-state index in [2.05, 4.69) is 16.0 Å². The highest BCUT2D eigenvalue weighted by Gasteiger charge is 2.66. The fraction of sp³-hybridized carbons (Fsp3) is 0.500. The van der Waals surface area contributed by atoms with Gasteiger partial charge in [0.15, 0.2) is 5.13 Å². The van der Waals surface area contributed by atoms with Gasteiger partial charge in [0, 0.05) is 41.3 Å². The molecule has 1 unspecified atom stereocenters. The number of methoxy groups -OCH3 is 1. The normalized spacial score (nSPS) is 24.8. The third-order valence-corrected chi connectivity index (χ3v) is 15.5. The van der Waals surface area contributed by atoms with Gasteiger partial charge in [0.1, 0.15) is 40.7 Å². The van der Waals surface area contributed by atoms with E-state index < -0.39 is 60.0 Å². The van der Waals surface area contributed by atoms with Crippen molar-refractivity contribution < 1.29 is 33.3 Å². The third kappa shape index (κ3) is 10.0. The zero-order chi connectivity index (χ0) is 44.4. The minimum absolute atomic E-state index is 0.0141. The van der Waals surface area contributed by atoms with Gasteiger partial charge in [-0.3, -0.25) is 18.9 Å². The summed E-state index contributed by atoms with van der Waals surface area (Å²) in [5.41, 5.74) is 8.34. The van der Waals surface area contributed by atoms with Crippen LogP contribution in [-0.4, -0.2) is 86.7 Å². The summed E-state index contributed by atoms with van der Waals surface area (Å²) in [5.74, 6) is -0.711. The average Bonchev–Trinajstić information content (AvgIpc) is 3.50. The number of carbonyl (C=O) groups is 3. The van der Waals surface area contributed by atoms with E-state index in [4.69, 9.17) is 25.2 Å². The summed E-state index contributed by atoms with van der Waals surface area (Å²) in [4.78, 5) is 66.4. The highest BCUT2D eigenvalue weighted by Crippen LogP contribution is 2.71. The molecule has 7 atom stereocenters. The highest BCUT2D eigenvalue weighted by atomic mass is 32.1. The molecule has 2 fully saturated rings.